The van der Waals surface area contributed by atoms with Crippen LogP contribution in [0.15, 0.2) is 24.3 Å². The van der Waals surface area contributed by atoms with Crippen molar-refractivity contribution in [3.05, 3.63) is 29.8 Å². The molecule has 0 saturated carbocycles. The van der Waals surface area contributed by atoms with Gasteiger partial charge in [0.05, 0.1) is 5.56 Å². The lowest BCUT2D eigenvalue weighted by Gasteiger charge is -2.22. The van der Waals surface area contributed by atoms with E-state index in [1.807, 2.05) is 0 Å². The van der Waals surface area contributed by atoms with Crippen LogP contribution in [0.1, 0.15) is 45.6 Å². The number of alkyl halides is 3. The van der Waals surface area contributed by atoms with Crippen molar-refractivity contribution in [2.24, 2.45) is 5.92 Å². The van der Waals surface area contributed by atoms with Gasteiger partial charge in [0.25, 0.3) is 0 Å². The van der Waals surface area contributed by atoms with Crippen molar-refractivity contribution in [1.82, 2.24) is 0 Å². The average Bonchev–Trinajstić information content (AvgIpc) is 2.27. The third-order valence-electron chi connectivity index (χ3n) is 2.95. The highest BCUT2D eigenvalue weighted by molar-refractivity contribution is 5.47. The molecule has 0 aliphatic carbocycles. The van der Waals surface area contributed by atoms with Crippen molar-refractivity contribution in [1.29, 1.82) is 0 Å². The minimum Gasteiger partial charge on any atom is -0.382 e. The van der Waals surface area contributed by atoms with Gasteiger partial charge in [0.1, 0.15) is 0 Å². The second kappa shape index (κ2) is 6.83. The molecule has 0 amide bonds. The van der Waals surface area contributed by atoms with E-state index in [1.165, 1.54) is 12.1 Å². The van der Waals surface area contributed by atoms with Crippen molar-refractivity contribution in [2.75, 3.05) is 5.32 Å². The number of hydrogen-bond donors (Lipinski definition) is 1. The molecule has 1 rings (SSSR count). The summed E-state index contributed by atoms with van der Waals surface area (Å²) in [5, 5.41) is 3.22. The predicted molar refractivity (Wildman–Crippen MR) is 73.2 cm³/mol. The van der Waals surface area contributed by atoms with E-state index in [4.69, 9.17) is 0 Å². The van der Waals surface area contributed by atoms with Gasteiger partial charge in [-0.1, -0.05) is 33.3 Å². The number of benzene rings is 1. The van der Waals surface area contributed by atoms with Crippen LogP contribution in [0.3, 0.4) is 0 Å². The SMILES string of the molecule is CCCC(CC(C)C)Nc1cccc(C(F)(F)F)c1. The van der Waals surface area contributed by atoms with Crippen molar-refractivity contribution >= 4 is 5.69 Å². The summed E-state index contributed by atoms with van der Waals surface area (Å²) in [6, 6.07) is 5.65. The number of nitrogens with one attached hydrogen (secondary N) is 1. The molecule has 1 aromatic rings. The maximum Gasteiger partial charge on any atom is 0.416 e. The van der Waals surface area contributed by atoms with Gasteiger partial charge in [-0.25, -0.2) is 0 Å². The van der Waals surface area contributed by atoms with Crippen LogP contribution in [0.2, 0.25) is 0 Å². The summed E-state index contributed by atoms with van der Waals surface area (Å²) < 4.78 is 37.9. The number of rotatable bonds is 6. The van der Waals surface area contributed by atoms with Gasteiger partial charge in [0.15, 0.2) is 0 Å². The normalized spacial score (nSPS) is 13.6. The van der Waals surface area contributed by atoms with Gasteiger partial charge < -0.3 is 5.32 Å². The first-order valence-electron chi connectivity index (χ1n) is 6.76. The van der Waals surface area contributed by atoms with Gasteiger partial charge in [-0.05, 0) is 37.0 Å². The molecule has 1 unspecified atom stereocenters. The van der Waals surface area contributed by atoms with Gasteiger partial charge in [-0.3, -0.25) is 0 Å². The smallest absolute Gasteiger partial charge is 0.382 e. The number of halogens is 3. The molecule has 0 aromatic heterocycles. The Morgan fingerprint density at radius 3 is 2.42 bits per heavy atom. The highest BCUT2D eigenvalue weighted by Crippen LogP contribution is 2.31. The quantitative estimate of drug-likeness (QED) is 0.738. The molecule has 1 atom stereocenters. The molecule has 1 aromatic carbocycles. The van der Waals surface area contributed by atoms with E-state index >= 15 is 0 Å². The zero-order chi connectivity index (χ0) is 14.5. The maximum absolute atomic E-state index is 12.6. The number of anilines is 1. The molecule has 0 heterocycles. The van der Waals surface area contributed by atoms with Crippen LogP contribution in [0.5, 0.6) is 0 Å². The summed E-state index contributed by atoms with van der Waals surface area (Å²) in [7, 11) is 0. The van der Waals surface area contributed by atoms with Crippen molar-refractivity contribution < 1.29 is 13.2 Å². The lowest BCUT2D eigenvalue weighted by Crippen LogP contribution is -2.21. The fourth-order valence-electron chi connectivity index (χ4n) is 2.19. The van der Waals surface area contributed by atoms with Crippen LogP contribution in [-0.2, 0) is 6.18 Å². The Morgan fingerprint density at radius 1 is 1.21 bits per heavy atom. The van der Waals surface area contributed by atoms with Gasteiger partial charge in [0.2, 0.25) is 0 Å². The van der Waals surface area contributed by atoms with E-state index in [0.717, 1.165) is 25.3 Å². The van der Waals surface area contributed by atoms with Crippen LogP contribution >= 0.6 is 0 Å². The summed E-state index contributed by atoms with van der Waals surface area (Å²) in [6.45, 7) is 6.33. The zero-order valence-electron chi connectivity index (χ0n) is 11.7. The van der Waals surface area contributed by atoms with Crippen molar-refractivity contribution in [2.45, 2.75) is 52.3 Å². The molecular formula is C15H22F3N. The Kier molecular flexibility index (Phi) is 5.70. The molecule has 0 radical (unpaired) electrons. The second-order valence-corrected chi connectivity index (χ2v) is 5.34. The van der Waals surface area contributed by atoms with E-state index in [1.54, 1.807) is 6.07 Å². The Bertz CT molecular complexity index is 385. The molecular weight excluding hydrogens is 251 g/mol. The standard InChI is InChI=1S/C15H22F3N/c1-4-6-13(9-11(2)3)19-14-8-5-7-12(10-14)15(16,17)18/h5,7-8,10-11,13,19H,4,6,9H2,1-3H3. The van der Waals surface area contributed by atoms with E-state index in [0.29, 0.717) is 11.6 Å². The Labute approximate surface area is 113 Å². The minimum absolute atomic E-state index is 0.230. The maximum atomic E-state index is 12.6. The van der Waals surface area contributed by atoms with Gasteiger partial charge in [-0.2, -0.15) is 13.2 Å². The molecule has 0 aliphatic heterocycles. The van der Waals surface area contributed by atoms with Gasteiger partial charge in [0, 0.05) is 11.7 Å². The summed E-state index contributed by atoms with van der Waals surface area (Å²) in [4.78, 5) is 0. The van der Waals surface area contributed by atoms with Crippen LogP contribution in [0.4, 0.5) is 18.9 Å². The van der Waals surface area contributed by atoms with Gasteiger partial charge >= 0.3 is 6.18 Å². The molecule has 0 aliphatic rings. The Hall–Kier alpha value is -1.19. The molecule has 0 bridgehead atoms. The van der Waals surface area contributed by atoms with E-state index in [-0.39, 0.29) is 6.04 Å². The summed E-state index contributed by atoms with van der Waals surface area (Å²) >= 11 is 0. The van der Waals surface area contributed by atoms with E-state index in [9.17, 15) is 13.2 Å². The van der Waals surface area contributed by atoms with Gasteiger partial charge in [-0.15, -0.1) is 0 Å². The molecule has 1 N–H and O–H groups in total. The second-order valence-electron chi connectivity index (χ2n) is 5.34. The number of hydrogen-bond acceptors (Lipinski definition) is 1. The fraction of sp³-hybridized carbons (Fsp3) is 0.600. The highest BCUT2D eigenvalue weighted by atomic mass is 19.4. The van der Waals surface area contributed by atoms with Crippen LogP contribution < -0.4 is 5.32 Å². The third kappa shape index (κ3) is 5.53. The minimum atomic E-state index is -4.28. The summed E-state index contributed by atoms with van der Waals surface area (Å²) in [6.07, 6.45) is -1.34. The Morgan fingerprint density at radius 2 is 1.89 bits per heavy atom. The summed E-state index contributed by atoms with van der Waals surface area (Å²) in [5.41, 5.74) is -0.0498. The van der Waals surface area contributed by atoms with Crippen LogP contribution in [0.25, 0.3) is 0 Å². The summed E-state index contributed by atoms with van der Waals surface area (Å²) in [5.74, 6) is 0.523. The third-order valence-corrected chi connectivity index (χ3v) is 2.95. The molecule has 0 saturated heterocycles. The van der Waals surface area contributed by atoms with Crippen molar-refractivity contribution in [3.8, 4) is 0 Å². The molecule has 108 valence electrons. The highest BCUT2D eigenvalue weighted by Gasteiger charge is 2.30. The lowest BCUT2D eigenvalue weighted by atomic mass is 9.99. The molecule has 0 spiro atoms. The largest absolute Gasteiger partial charge is 0.416 e. The molecule has 19 heavy (non-hydrogen) atoms. The average molecular weight is 273 g/mol. The topological polar surface area (TPSA) is 12.0 Å². The first-order chi connectivity index (χ1) is 8.82. The van der Waals surface area contributed by atoms with Crippen molar-refractivity contribution in [3.63, 3.8) is 0 Å². The lowest BCUT2D eigenvalue weighted by molar-refractivity contribution is -0.137. The molecule has 1 nitrogen and oxygen atoms in total. The monoisotopic (exact) mass is 273 g/mol. The first-order valence-corrected chi connectivity index (χ1v) is 6.76. The first kappa shape index (κ1) is 15.9. The molecule has 0 fully saturated rings. The van der Waals surface area contributed by atoms with Crippen LogP contribution in [-0.4, -0.2) is 6.04 Å². The van der Waals surface area contributed by atoms with E-state index in [2.05, 4.69) is 26.1 Å². The predicted octanol–water partition coefficient (Wildman–Crippen LogP) is 5.33. The fourth-order valence-corrected chi connectivity index (χ4v) is 2.19. The Balaban J connectivity index is 2.79. The van der Waals surface area contributed by atoms with Crippen LogP contribution in [0, 0.1) is 5.92 Å². The zero-order valence-corrected chi connectivity index (χ0v) is 11.7. The molecule has 4 heteroatoms. The van der Waals surface area contributed by atoms with E-state index < -0.39 is 11.7 Å².